The van der Waals surface area contributed by atoms with Crippen LogP contribution in [0.15, 0.2) is 21.5 Å². The third kappa shape index (κ3) is 4.29. The van der Waals surface area contributed by atoms with Gasteiger partial charge in [-0.05, 0) is 46.5 Å². The fourth-order valence-corrected chi connectivity index (χ4v) is 3.08. The molecule has 0 aliphatic heterocycles. The summed E-state index contributed by atoms with van der Waals surface area (Å²) in [5, 5.41) is 7.86. The van der Waals surface area contributed by atoms with Crippen molar-refractivity contribution in [2.24, 2.45) is 11.1 Å². The number of nitrogens with one attached hydrogen (secondary N) is 1. The molecular weight excluding hydrogens is 332 g/mol. The average molecular weight is 349 g/mol. The van der Waals surface area contributed by atoms with E-state index in [0.29, 0.717) is 22.5 Å². The molecule has 0 bridgehead atoms. The van der Waals surface area contributed by atoms with E-state index < -0.39 is 10.0 Å². The van der Waals surface area contributed by atoms with E-state index in [-0.39, 0.29) is 16.4 Å². The quantitative estimate of drug-likeness (QED) is 0.869. The van der Waals surface area contributed by atoms with Crippen molar-refractivity contribution in [3.05, 3.63) is 27.7 Å². The van der Waals surface area contributed by atoms with Crippen LogP contribution in [0.1, 0.15) is 29.8 Å². The van der Waals surface area contributed by atoms with E-state index >= 15 is 0 Å². The summed E-state index contributed by atoms with van der Waals surface area (Å²) in [4.78, 5) is 11.8. The second-order valence-corrected chi connectivity index (χ2v) is 7.08. The van der Waals surface area contributed by atoms with Crippen molar-refractivity contribution < 1.29 is 13.2 Å². The number of rotatable bonds is 4. The molecule has 0 saturated heterocycles. The maximum absolute atomic E-state index is 11.9. The maximum Gasteiger partial charge on any atom is 0.251 e. The number of carbonyl (C=O) groups is 1. The van der Waals surface area contributed by atoms with Gasteiger partial charge in [-0.1, -0.05) is 13.8 Å². The predicted molar refractivity (Wildman–Crippen MR) is 77.4 cm³/mol. The van der Waals surface area contributed by atoms with Crippen LogP contribution in [-0.2, 0) is 10.0 Å². The number of sulfonamides is 1. The van der Waals surface area contributed by atoms with Gasteiger partial charge in [-0.25, -0.2) is 13.6 Å². The molecule has 0 saturated carbocycles. The molecule has 0 atom stereocenters. The van der Waals surface area contributed by atoms with Crippen molar-refractivity contribution in [3.8, 4) is 0 Å². The van der Waals surface area contributed by atoms with Crippen LogP contribution >= 0.6 is 15.9 Å². The molecule has 0 spiro atoms. The molecule has 0 aromatic heterocycles. The van der Waals surface area contributed by atoms with Crippen LogP contribution in [0.2, 0.25) is 0 Å². The Bertz CT molecular complexity index is 597. The molecule has 19 heavy (non-hydrogen) atoms. The van der Waals surface area contributed by atoms with Gasteiger partial charge >= 0.3 is 0 Å². The summed E-state index contributed by atoms with van der Waals surface area (Å²) in [6.07, 6.45) is 0. The molecule has 1 aromatic carbocycles. The minimum atomic E-state index is -3.87. The fraction of sp³-hybridized carbons (Fsp3) is 0.417. The highest BCUT2D eigenvalue weighted by Gasteiger charge is 2.18. The lowest BCUT2D eigenvalue weighted by atomic mass is 10.1. The minimum absolute atomic E-state index is 0.0813. The molecule has 106 valence electrons. The van der Waals surface area contributed by atoms with E-state index in [1.807, 2.05) is 13.8 Å². The van der Waals surface area contributed by atoms with E-state index in [1.165, 1.54) is 6.07 Å². The van der Waals surface area contributed by atoms with Crippen LogP contribution in [0, 0.1) is 12.8 Å². The van der Waals surface area contributed by atoms with Crippen molar-refractivity contribution >= 4 is 31.9 Å². The Labute approximate surface area is 121 Å². The number of carbonyl (C=O) groups excluding carboxylic acids is 1. The Balaban J connectivity index is 3.18. The van der Waals surface area contributed by atoms with Crippen molar-refractivity contribution in [1.82, 2.24) is 5.32 Å². The normalized spacial score (nSPS) is 11.7. The lowest BCUT2D eigenvalue weighted by Crippen LogP contribution is -2.27. The molecule has 1 amide bonds. The molecule has 0 aliphatic rings. The Hall–Kier alpha value is -0.920. The van der Waals surface area contributed by atoms with Gasteiger partial charge in [-0.2, -0.15) is 0 Å². The first-order chi connectivity index (χ1) is 8.62. The number of halogens is 1. The van der Waals surface area contributed by atoms with Gasteiger partial charge in [0.1, 0.15) is 0 Å². The Morgan fingerprint density at radius 2 is 2.00 bits per heavy atom. The average Bonchev–Trinajstić information content (AvgIpc) is 2.27. The van der Waals surface area contributed by atoms with Gasteiger partial charge in [0.25, 0.3) is 5.91 Å². The number of primary sulfonamides is 1. The first kappa shape index (κ1) is 16.1. The highest BCUT2D eigenvalue weighted by molar-refractivity contribution is 9.10. The van der Waals surface area contributed by atoms with Gasteiger partial charge in [0.15, 0.2) is 0 Å². The largest absolute Gasteiger partial charge is 0.352 e. The van der Waals surface area contributed by atoms with Crippen LogP contribution in [0.3, 0.4) is 0 Å². The van der Waals surface area contributed by atoms with Crippen LogP contribution in [0.4, 0.5) is 0 Å². The first-order valence-corrected chi connectivity index (χ1v) is 8.08. The first-order valence-electron chi connectivity index (χ1n) is 5.74. The number of aryl methyl sites for hydroxylation is 1. The van der Waals surface area contributed by atoms with Crippen LogP contribution < -0.4 is 10.5 Å². The number of hydrogen-bond donors (Lipinski definition) is 2. The smallest absolute Gasteiger partial charge is 0.251 e. The minimum Gasteiger partial charge on any atom is -0.352 e. The predicted octanol–water partition coefficient (Wildman–Crippen LogP) is 1.79. The molecule has 5 nitrogen and oxygen atoms in total. The lowest BCUT2D eigenvalue weighted by molar-refractivity contribution is 0.0948. The molecule has 0 fully saturated rings. The van der Waals surface area contributed by atoms with Crippen molar-refractivity contribution in [3.63, 3.8) is 0 Å². The van der Waals surface area contributed by atoms with E-state index in [2.05, 4.69) is 21.2 Å². The third-order valence-electron chi connectivity index (χ3n) is 2.46. The zero-order valence-corrected chi connectivity index (χ0v) is 13.4. The Kier molecular flexibility index (Phi) is 5.11. The number of nitrogens with two attached hydrogens (primary N) is 1. The molecule has 0 radical (unpaired) electrons. The topological polar surface area (TPSA) is 89.3 Å². The molecule has 1 aromatic rings. The van der Waals surface area contributed by atoms with E-state index in [0.717, 1.165) is 0 Å². The lowest BCUT2D eigenvalue weighted by Gasteiger charge is -2.11. The van der Waals surface area contributed by atoms with Crippen molar-refractivity contribution in [2.45, 2.75) is 25.7 Å². The number of amides is 1. The van der Waals surface area contributed by atoms with Crippen LogP contribution in [-0.4, -0.2) is 20.9 Å². The van der Waals surface area contributed by atoms with Gasteiger partial charge in [0, 0.05) is 16.6 Å². The highest BCUT2D eigenvalue weighted by atomic mass is 79.9. The standard InChI is InChI=1S/C12H17BrN2O3S/c1-7(2)6-15-12(16)9-4-8(3)11(13)10(5-9)19(14,17)18/h4-5,7H,6H2,1-3H3,(H,15,16)(H2,14,17,18). The Morgan fingerprint density at radius 3 is 2.47 bits per heavy atom. The summed E-state index contributed by atoms with van der Waals surface area (Å²) in [7, 11) is -3.87. The Morgan fingerprint density at radius 1 is 1.42 bits per heavy atom. The second-order valence-electron chi connectivity index (χ2n) is 4.75. The van der Waals surface area contributed by atoms with Gasteiger partial charge < -0.3 is 5.32 Å². The summed E-state index contributed by atoms with van der Waals surface area (Å²) in [5.41, 5.74) is 0.923. The summed E-state index contributed by atoms with van der Waals surface area (Å²) < 4.78 is 23.3. The van der Waals surface area contributed by atoms with E-state index in [4.69, 9.17) is 5.14 Å². The monoisotopic (exact) mass is 348 g/mol. The van der Waals surface area contributed by atoms with Gasteiger partial charge in [0.05, 0.1) is 4.90 Å². The zero-order chi connectivity index (χ0) is 14.8. The van der Waals surface area contributed by atoms with Crippen LogP contribution in [0.5, 0.6) is 0 Å². The SMILES string of the molecule is Cc1cc(C(=O)NCC(C)C)cc(S(N)(=O)=O)c1Br. The summed E-state index contributed by atoms with van der Waals surface area (Å²) >= 11 is 3.17. The van der Waals surface area contributed by atoms with Crippen LogP contribution in [0.25, 0.3) is 0 Å². The molecule has 0 heterocycles. The van der Waals surface area contributed by atoms with Crippen molar-refractivity contribution in [1.29, 1.82) is 0 Å². The number of hydrogen-bond acceptors (Lipinski definition) is 3. The summed E-state index contributed by atoms with van der Waals surface area (Å²) in [6.45, 7) is 6.18. The molecule has 3 N–H and O–H groups in total. The molecule has 7 heteroatoms. The zero-order valence-electron chi connectivity index (χ0n) is 11.0. The van der Waals surface area contributed by atoms with Gasteiger partial charge in [-0.3, -0.25) is 4.79 Å². The summed E-state index contributed by atoms with van der Waals surface area (Å²) in [5.74, 6) is 0.00686. The number of benzene rings is 1. The molecule has 1 rings (SSSR count). The van der Waals surface area contributed by atoms with E-state index in [9.17, 15) is 13.2 Å². The van der Waals surface area contributed by atoms with Gasteiger partial charge in [-0.15, -0.1) is 0 Å². The maximum atomic E-state index is 11.9. The second kappa shape index (κ2) is 6.02. The summed E-state index contributed by atoms with van der Waals surface area (Å²) in [6, 6.07) is 2.90. The van der Waals surface area contributed by atoms with E-state index in [1.54, 1.807) is 13.0 Å². The fourth-order valence-electron chi connectivity index (χ4n) is 1.47. The van der Waals surface area contributed by atoms with Crippen molar-refractivity contribution in [2.75, 3.05) is 6.54 Å². The molecule has 0 unspecified atom stereocenters. The molecule has 0 aliphatic carbocycles. The highest BCUT2D eigenvalue weighted by Crippen LogP contribution is 2.26. The van der Waals surface area contributed by atoms with Gasteiger partial charge in [0.2, 0.25) is 10.0 Å². The third-order valence-corrected chi connectivity index (χ3v) is 4.71. The molecular formula is C12H17BrN2O3S.